The first-order chi connectivity index (χ1) is 6.45. The fourth-order valence-electron chi connectivity index (χ4n) is 0.886. The number of ketones is 1. The first-order valence-corrected chi connectivity index (χ1v) is 4.55. The van der Waals surface area contributed by atoms with E-state index >= 15 is 0 Å². The minimum atomic E-state index is -0.167. The summed E-state index contributed by atoms with van der Waals surface area (Å²) in [7, 11) is 0. The van der Waals surface area contributed by atoms with Gasteiger partial charge in [0.25, 0.3) is 0 Å². The molecule has 0 amide bonds. The number of hydrogen-bond acceptors (Lipinski definition) is 2. The van der Waals surface area contributed by atoms with Gasteiger partial charge in [-0.3, -0.25) is 0 Å². The fourth-order valence-corrected chi connectivity index (χ4v) is 0.886. The maximum atomic E-state index is 10.8. The third kappa shape index (κ3) is 9.97. The van der Waals surface area contributed by atoms with Crippen LogP contribution in [-0.4, -0.2) is 17.0 Å². The molecule has 0 aromatic heterocycles. The van der Waals surface area contributed by atoms with Crippen LogP contribution >= 0.6 is 0 Å². The van der Waals surface area contributed by atoms with Crippen LogP contribution in [0.4, 0.5) is 0 Å². The molecular weight excluding hydrogens is 236 g/mol. The van der Waals surface area contributed by atoms with Crippen LogP contribution in [0.3, 0.4) is 0 Å². The second-order valence-electron chi connectivity index (χ2n) is 3.33. The number of aliphatic hydroxyl groups excluding tert-OH is 1. The largest absolute Gasteiger partial charge is 0.394 e. The normalized spacial score (nSPS) is 8.06. The Bertz CT molecular complexity index is 293. The zero-order valence-corrected chi connectivity index (χ0v) is 11.0. The summed E-state index contributed by atoms with van der Waals surface area (Å²) in [5, 5.41) is 8.06. The Kier molecular flexibility index (Phi) is 14.2. The molecule has 0 aliphatic carbocycles. The van der Waals surface area contributed by atoms with Crippen LogP contribution in [0.2, 0.25) is 0 Å². The molecule has 0 unspecified atom stereocenters. The average Bonchev–Trinajstić information content (AvgIpc) is 2.03. The molecule has 0 atom stereocenters. The third-order valence-corrected chi connectivity index (χ3v) is 1.45. The summed E-state index contributed by atoms with van der Waals surface area (Å²) in [5.74, 6) is -0.113. The molecule has 0 bridgehead atoms. The molecule has 0 aliphatic rings. The monoisotopic (exact) mass is 257 g/mol. The van der Waals surface area contributed by atoms with E-state index in [9.17, 15) is 4.79 Å². The van der Waals surface area contributed by atoms with Gasteiger partial charge in [-0.2, -0.15) is 6.92 Å². The Morgan fingerprint density at radius 2 is 1.69 bits per heavy atom. The summed E-state index contributed by atoms with van der Waals surface area (Å²) in [6.07, 6.45) is -0.167. The van der Waals surface area contributed by atoms with Crippen LogP contribution in [-0.2, 0) is 21.7 Å². The van der Waals surface area contributed by atoms with E-state index in [-0.39, 0.29) is 41.0 Å². The van der Waals surface area contributed by atoms with Gasteiger partial charge in [0.05, 0.1) is 0 Å². The van der Waals surface area contributed by atoms with Crippen molar-refractivity contribution in [2.75, 3.05) is 0 Å². The van der Waals surface area contributed by atoms with Crippen LogP contribution in [0.15, 0.2) is 24.3 Å². The first-order valence-electron chi connectivity index (χ1n) is 4.55. The van der Waals surface area contributed by atoms with Crippen molar-refractivity contribution in [3.05, 3.63) is 42.3 Å². The molecular formula is C13H21O2Ti-. The van der Waals surface area contributed by atoms with E-state index in [1.807, 2.05) is 25.1 Å². The molecule has 0 aliphatic heterocycles. The SMILES string of the molecule is C.CC(C)O.[CH2-]C(=O)c1ccccc1C.[Ti]. The van der Waals surface area contributed by atoms with E-state index in [1.165, 1.54) is 0 Å². The second-order valence-corrected chi connectivity index (χ2v) is 3.33. The van der Waals surface area contributed by atoms with Crippen molar-refractivity contribution >= 4 is 5.78 Å². The van der Waals surface area contributed by atoms with Gasteiger partial charge in [-0.25, -0.2) is 0 Å². The molecule has 1 aromatic carbocycles. The maximum Gasteiger partial charge on any atom is 0.0483 e. The van der Waals surface area contributed by atoms with Gasteiger partial charge < -0.3 is 9.90 Å². The molecule has 1 rings (SSSR count). The van der Waals surface area contributed by atoms with E-state index in [2.05, 4.69) is 6.92 Å². The zero-order valence-electron chi connectivity index (χ0n) is 9.45. The molecule has 0 spiro atoms. The number of Topliss-reactive ketones (excluding diaryl/α,β-unsaturated/α-hetero) is 1. The fraction of sp³-hybridized carbons (Fsp3) is 0.385. The van der Waals surface area contributed by atoms with Crippen LogP contribution < -0.4 is 0 Å². The molecule has 90 valence electrons. The van der Waals surface area contributed by atoms with Crippen molar-refractivity contribution in [1.29, 1.82) is 0 Å². The molecule has 16 heavy (non-hydrogen) atoms. The molecule has 1 aromatic rings. The zero-order chi connectivity index (χ0) is 11.1. The second kappa shape index (κ2) is 10.9. The Labute approximate surface area is 114 Å². The van der Waals surface area contributed by atoms with Gasteiger partial charge in [-0.1, -0.05) is 32.5 Å². The van der Waals surface area contributed by atoms with E-state index in [0.717, 1.165) is 5.56 Å². The predicted octanol–water partition coefficient (Wildman–Crippen LogP) is 3.03. The van der Waals surface area contributed by atoms with Gasteiger partial charge in [0.1, 0.15) is 0 Å². The summed E-state index contributed by atoms with van der Waals surface area (Å²) in [6.45, 7) is 8.68. The summed E-state index contributed by atoms with van der Waals surface area (Å²) < 4.78 is 0. The minimum absolute atomic E-state index is 0. The standard InChI is InChI=1S/C9H9O.C3H8O.CH4.Ti/c1-7-5-3-4-6-9(7)8(2)10;1-3(2)4;;/h3-6H,2H2,1H3;3-4H,1-2H3;1H4;/q-1;;;. The average molecular weight is 257 g/mol. The number of carbonyl (C=O) groups is 1. The number of aryl methyl sites for hydroxylation is 1. The third-order valence-electron chi connectivity index (χ3n) is 1.45. The summed E-state index contributed by atoms with van der Waals surface area (Å²) in [6, 6.07) is 7.43. The summed E-state index contributed by atoms with van der Waals surface area (Å²) >= 11 is 0. The topological polar surface area (TPSA) is 37.3 Å². The molecule has 1 N–H and O–H groups in total. The van der Waals surface area contributed by atoms with Gasteiger partial charge in [0, 0.05) is 33.6 Å². The number of benzene rings is 1. The van der Waals surface area contributed by atoms with Gasteiger partial charge >= 0.3 is 0 Å². The molecule has 0 radical (unpaired) electrons. The van der Waals surface area contributed by atoms with Crippen molar-refractivity contribution in [3.8, 4) is 0 Å². The Morgan fingerprint density at radius 1 is 1.31 bits per heavy atom. The maximum absolute atomic E-state index is 10.8. The number of aliphatic hydroxyl groups is 1. The number of carbonyl (C=O) groups excluding carboxylic acids is 1. The first kappa shape index (κ1) is 20.8. The van der Waals surface area contributed by atoms with Crippen molar-refractivity contribution in [2.45, 2.75) is 34.3 Å². The van der Waals surface area contributed by atoms with E-state index in [0.29, 0.717) is 5.56 Å². The van der Waals surface area contributed by atoms with Crippen LogP contribution in [0.25, 0.3) is 0 Å². The van der Waals surface area contributed by atoms with Gasteiger partial charge in [0.2, 0.25) is 0 Å². The summed E-state index contributed by atoms with van der Waals surface area (Å²) in [4.78, 5) is 10.8. The van der Waals surface area contributed by atoms with Crippen LogP contribution in [0.5, 0.6) is 0 Å². The molecule has 0 fully saturated rings. The van der Waals surface area contributed by atoms with Gasteiger partial charge in [-0.05, 0) is 13.8 Å². The van der Waals surface area contributed by atoms with Crippen molar-refractivity contribution in [1.82, 2.24) is 0 Å². The number of hydrogen-bond donors (Lipinski definition) is 1. The summed E-state index contributed by atoms with van der Waals surface area (Å²) in [5.41, 5.74) is 1.70. The van der Waals surface area contributed by atoms with Crippen LogP contribution in [0, 0.1) is 13.8 Å². The van der Waals surface area contributed by atoms with Crippen molar-refractivity contribution < 1.29 is 31.6 Å². The Morgan fingerprint density at radius 3 is 1.94 bits per heavy atom. The van der Waals surface area contributed by atoms with Gasteiger partial charge in [0.15, 0.2) is 0 Å². The van der Waals surface area contributed by atoms with E-state index in [4.69, 9.17) is 5.11 Å². The molecule has 2 nitrogen and oxygen atoms in total. The predicted molar refractivity (Wildman–Crippen MR) is 65.0 cm³/mol. The van der Waals surface area contributed by atoms with E-state index < -0.39 is 0 Å². The smallest absolute Gasteiger partial charge is 0.0483 e. The molecule has 0 heterocycles. The van der Waals surface area contributed by atoms with Crippen molar-refractivity contribution in [2.24, 2.45) is 0 Å². The van der Waals surface area contributed by atoms with Gasteiger partial charge in [-0.15, -0.1) is 17.2 Å². The Balaban J connectivity index is -0.000000249. The number of rotatable bonds is 1. The minimum Gasteiger partial charge on any atom is -0.394 e. The molecule has 0 saturated carbocycles. The quantitative estimate of drug-likeness (QED) is 0.477. The van der Waals surface area contributed by atoms with E-state index in [1.54, 1.807) is 19.9 Å². The van der Waals surface area contributed by atoms with Crippen molar-refractivity contribution in [3.63, 3.8) is 0 Å². The molecule has 0 saturated heterocycles. The van der Waals surface area contributed by atoms with Crippen LogP contribution in [0.1, 0.15) is 37.2 Å². The molecule has 3 heteroatoms. The Hall–Kier alpha value is -0.566.